The van der Waals surface area contributed by atoms with Crippen LogP contribution in [0.1, 0.15) is 34.4 Å². The summed E-state index contributed by atoms with van der Waals surface area (Å²) in [6.45, 7) is 2.04. The Kier molecular flexibility index (Phi) is 5.19. The fraction of sp³-hybridized carbons (Fsp3) is 0.136. The molecular formula is C22H21NO. The van der Waals surface area contributed by atoms with Crippen LogP contribution >= 0.6 is 0 Å². The molecule has 0 aliphatic rings. The van der Waals surface area contributed by atoms with E-state index in [1.807, 2.05) is 98.1 Å². The van der Waals surface area contributed by atoms with Crippen molar-refractivity contribution in [3.8, 4) is 0 Å². The largest absolute Gasteiger partial charge is 0.386 e. The smallest absolute Gasteiger partial charge is 0.105 e. The Morgan fingerprint density at radius 3 is 1.96 bits per heavy atom. The predicted molar refractivity (Wildman–Crippen MR) is 99.4 cm³/mol. The lowest BCUT2D eigenvalue weighted by atomic mass is 9.95. The highest BCUT2D eigenvalue weighted by Crippen LogP contribution is 2.32. The van der Waals surface area contributed by atoms with Gasteiger partial charge in [0.1, 0.15) is 12.1 Å². The fourth-order valence-corrected chi connectivity index (χ4v) is 2.65. The van der Waals surface area contributed by atoms with Crippen molar-refractivity contribution in [2.45, 2.75) is 19.1 Å². The first-order valence-corrected chi connectivity index (χ1v) is 8.12. The van der Waals surface area contributed by atoms with E-state index in [2.05, 4.69) is 4.99 Å². The number of aliphatic hydroxyl groups excluding tert-OH is 1. The molecule has 3 aromatic rings. The Hall–Kier alpha value is -2.71. The summed E-state index contributed by atoms with van der Waals surface area (Å²) in [6, 6.07) is 27.5. The molecule has 120 valence electrons. The number of benzene rings is 3. The van der Waals surface area contributed by atoms with Crippen LogP contribution < -0.4 is 0 Å². The van der Waals surface area contributed by atoms with Gasteiger partial charge in [0, 0.05) is 6.21 Å². The van der Waals surface area contributed by atoms with Gasteiger partial charge in [-0.3, -0.25) is 4.99 Å². The molecule has 2 nitrogen and oxygen atoms in total. The van der Waals surface area contributed by atoms with Crippen molar-refractivity contribution in [1.29, 1.82) is 0 Å². The quantitative estimate of drug-likeness (QED) is 0.668. The molecule has 3 rings (SSSR count). The van der Waals surface area contributed by atoms with Gasteiger partial charge in [0.05, 0.1) is 0 Å². The Morgan fingerprint density at radius 1 is 0.750 bits per heavy atom. The van der Waals surface area contributed by atoms with Crippen molar-refractivity contribution < 1.29 is 5.11 Å². The summed E-state index contributed by atoms with van der Waals surface area (Å²) in [5.74, 6) is 0. The zero-order chi connectivity index (χ0) is 16.8. The predicted octanol–water partition coefficient (Wildman–Crippen LogP) is 4.89. The van der Waals surface area contributed by atoms with Crippen molar-refractivity contribution in [1.82, 2.24) is 0 Å². The Bertz CT molecular complexity index is 779. The minimum Gasteiger partial charge on any atom is -0.386 e. The molecule has 1 N–H and O–H groups in total. The molecule has 0 aliphatic carbocycles. The van der Waals surface area contributed by atoms with Gasteiger partial charge in [-0.1, -0.05) is 90.5 Å². The van der Waals surface area contributed by atoms with Gasteiger partial charge in [0.2, 0.25) is 0 Å². The maximum Gasteiger partial charge on any atom is 0.105 e. The third-order valence-electron chi connectivity index (χ3n) is 4.04. The number of hydrogen-bond donors (Lipinski definition) is 1. The second-order valence-electron chi connectivity index (χ2n) is 5.90. The Labute approximate surface area is 143 Å². The number of rotatable bonds is 5. The van der Waals surface area contributed by atoms with E-state index in [0.717, 1.165) is 16.7 Å². The number of hydrogen-bond acceptors (Lipinski definition) is 2. The van der Waals surface area contributed by atoms with Gasteiger partial charge in [-0.15, -0.1) is 0 Å². The van der Waals surface area contributed by atoms with Crippen LogP contribution in [0.2, 0.25) is 0 Å². The molecule has 0 bridgehead atoms. The summed E-state index contributed by atoms with van der Waals surface area (Å²) in [4.78, 5) is 4.69. The van der Waals surface area contributed by atoms with E-state index in [1.165, 1.54) is 5.56 Å². The molecule has 0 aromatic heterocycles. The van der Waals surface area contributed by atoms with Crippen LogP contribution in [0.3, 0.4) is 0 Å². The number of aryl methyl sites for hydroxylation is 1. The highest BCUT2D eigenvalue weighted by atomic mass is 16.3. The van der Waals surface area contributed by atoms with Crippen molar-refractivity contribution in [2.24, 2.45) is 4.99 Å². The average Bonchev–Trinajstić information content (AvgIpc) is 2.64. The van der Waals surface area contributed by atoms with E-state index in [1.54, 1.807) is 0 Å². The van der Waals surface area contributed by atoms with Crippen molar-refractivity contribution in [3.63, 3.8) is 0 Å². The van der Waals surface area contributed by atoms with Crippen molar-refractivity contribution in [2.75, 3.05) is 0 Å². The summed E-state index contributed by atoms with van der Waals surface area (Å²) >= 11 is 0. The molecule has 3 aromatic carbocycles. The maximum atomic E-state index is 10.9. The van der Waals surface area contributed by atoms with Gasteiger partial charge >= 0.3 is 0 Å². The number of aliphatic hydroxyl groups is 1. The molecule has 0 heterocycles. The highest BCUT2D eigenvalue weighted by molar-refractivity contribution is 5.79. The molecule has 0 spiro atoms. The number of aliphatic imine (C=N–C) groups is 1. The zero-order valence-corrected chi connectivity index (χ0v) is 13.7. The van der Waals surface area contributed by atoms with E-state index in [4.69, 9.17) is 0 Å². The molecule has 0 saturated carbocycles. The first-order valence-electron chi connectivity index (χ1n) is 8.12. The number of nitrogens with zero attached hydrogens (tertiary/aromatic N) is 1. The lowest BCUT2D eigenvalue weighted by Gasteiger charge is -2.20. The van der Waals surface area contributed by atoms with Crippen molar-refractivity contribution >= 4 is 6.21 Å². The van der Waals surface area contributed by atoms with Gasteiger partial charge < -0.3 is 5.11 Å². The molecule has 0 unspecified atom stereocenters. The molecule has 0 amide bonds. The third-order valence-corrected chi connectivity index (χ3v) is 4.04. The first-order chi connectivity index (χ1) is 11.7. The van der Waals surface area contributed by atoms with Gasteiger partial charge in [-0.05, 0) is 23.6 Å². The van der Waals surface area contributed by atoms with Crippen LogP contribution in [0, 0.1) is 6.92 Å². The Balaban J connectivity index is 1.93. The monoisotopic (exact) mass is 315 g/mol. The van der Waals surface area contributed by atoms with E-state index >= 15 is 0 Å². The van der Waals surface area contributed by atoms with Crippen LogP contribution in [0.15, 0.2) is 89.9 Å². The third kappa shape index (κ3) is 3.98. The summed E-state index contributed by atoms with van der Waals surface area (Å²) in [7, 11) is 0. The van der Waals surface area contributed by atoms with Crippen LogP contribution in [-0.2, 0) is 0 Å². The fourth-order valence-electron chi connectivity index (χ4n) is 2.65. The van der Waals surface area contributed by atoms with E-state index in [0.29, 0.717) is 0 Å². The molecule has 0 aliphatic heterocycles. The normalized spacial score (nSPS) is 13.8. The summed E-state index contributed by atoms with van der Waals surface area (Å²) in [5.41, 5.74) is 4.07. The first kappa shape index (κ1) is 16.2. The second-order valence-corrected chi connectivity index (χ2v) is 5.90. The topological polar surface area (TPSA) is 32.6 Å². The second kappa shape index (κ2) is 7.71. The van der Waals surface area contributed by atoms with Crippen LogP contribution in [0.25, 0.3) is 0 Å². The van der Waals surface area contributed by atoms with Gasteiger partial charge in [-0.2, -0.15) is 0 Å². The van der Waals surface area contributed by atoms with Crippen molar-refractivity contribution in [3.05, 3.63) is 107 Å². The van der Waals surface area contributed by atoms with Crippen LogP contribution in [-0.4, -0.2) is 11.3 Å². The minimum atomic E-state index is -0.687. The molecular weight excluding hydrogens is 294 g/mol. The highest BCUT2D eigenvalue weighted by Gasteiger charge is 2.21. The standard InChI is InChI=1S/C22H21NO/c1-17-12-14-20(15-13-17)22(24)21(19-10-6-3-7-11-19)23-16-18-8-4-2-5-9-18/h2-16,21-22,24H,1H3/t21-,22+/m0/s1. The zero-order valence-electron chi connectivity index (χ0n) is 13.7. The molecule has 2 heteroatoms. The molecule has 0 radical (unpaired) electrons. The van der Waals surface area contributed by atoms with E-state index in [-0.39, 0.29) is 6.04 Å². The van der Waals surface area contributed by atoms with Crippen LogP contribution in [0.4, 0.5) is 0 Å². The summed E-state index contributed by atoms with van der Waals surface area (Å²) in [6.07, 6.45) is 1.14. The summed E-state index contributed by atoms with van der Waals surface area (Å²) < 4.78 is 0. The van der Waals surface area contributed by atoms with Gasteiger partial charge in [-0.25, -0.2) is 0 Å². The van der Waals surface area contributed by atoms with Gasteiger partial charge in [0.25, 0.3) is 0 Å². The minimum absolute atomic E-state index is 0.339. The van der Waals surface area contributed by atoms with E-state index < -0.39 is 6.10 Å². The van der Waals surface area contributed by atoms with Gasteiger partial charge in [0.15, 0.2) is 0 Å². The maximum absolute atomic E-state index is 10.9. The lowest BCUT2D eigenvalue weighted by molar-refractivity contribution is 0.148. The Morgan fingerprint density at radius 2 is 1.33 bits per heavy atom. The SMILES string of the molecule is Cc1ccc([C@@H](O)[C@@H](N=Cc2ccccc2)c2ccccc2)cc1. The molecule has 0 fully saturated rings. The lowest BCUT2D eigenvalue weighted by Crippen LogP contribution is -2.09. The molecule has 0 saturated heterocycles. The average molecular weight is 315 g/mol. The van der Waals surface area contributed by atoms with Crippen LogP contribution in [0.5, 0.6) is 0 Å². The molecule has 2 atom stereocenters. The molecule has 24 heavy (non-hydrogen) atoms. The summed E-state index contributed by atoms with van der Waals surface area (Å²) in [5, 5.41) is 10.9. The van der Waals surface area contributed by atoms with E-state index in [9.17, 15) is 5.11 Å².